The molecule has 1 aromatic carbocycles. The third-order valence-corrected chi connectivity index (χ3v) is 5.94. The summed E-state index contributed by atoms with van der Waals surface area (Å²) in [5.41, 5.74) is 1.13. The van der Waals surface area contributed by atoms with E-state index < -0.39 is 10.2 Å². The van der Waals surface area contributed by atoms with Gasteiger partial charge in [0.25, 0.3) is 16.1 Å². The third kappa shape index (κ3) is 4.93. The predicted molar refractivity (Wildman–Crippen MR) is 92.0 cm³/mol. The topological polar surface area (TPSA) is 79.0 Å². The second kappa shape index (κ2) is 7.96. The zero-order chi connectivity index (χ0) is 17.7. The minimum Gasteiger partial charge on any atom is -0.484 e. The van der Waals surface area contributed by atoms with E-state index in [2.05, 4.69) is 5.32 Å². The van der Waals surface area contributed by atoms with Crippen LogP contribution in [0.15, 0.2) is 24.3 Å². The molecule has 0 saturated carbocycles. The van der Waals surface area contributed by atoms with Gasteiger partial charge in [0, 0.05) is 33.2 Å². The molecule has 1 heterocycles. The van der Waals surface area contributed by atoms with Crippen LogP contribution in [-0.2, 0) is 15.0 Å². The molecular weight excluding hydrogens is 330 g/mol. The third-order valence-electron chi connectivity index (χ3n) is 4.00. The molecule has 0 aromatic heterocycles. The fourth-order valence-corrected chi connectivity index (χ4v) is 3.65. The molecule has 8 heteroatoms. The summed E-state index contributed by atoms with van der Waals surface area (Å²) < 4.78 is 32.2. The molecule has 1 amide bonds. The van der Waals surface area contributed by atoms with Crippen molar-refractivity contribution < 1.29 is 17.9 Å². The second-order valence-electron chi connectivity index (χ2n) is 6.13. The summed E-state index contributed by atoms with van der Waals surface area (Å²) in [5, 5.41) is 2.90. The van der Waals surface area contributed by atoms with Crippen LogP contribution in [0.1, 0.15) is 18.4 Å². The van der Waals surface area contributed by atoms with Crippen molar-refractivity contribution in [1.82, 2.24) is 13.9 Å². The van der Waals surface area contributed by atoms with Crippen LogP contribution < -0.4 is 10.1 Å². The maximum absolute atomic E-state index is 12.0. The summed E-state index contributed by atoms with van der Waals surface area (Å²) in [5.74, 6) is 0.465. The fourth-order valence-electron chi connectivity index (χ4n) is 2.51. The highest BCUT2D eigenvalue weighted by Crippen LogP contribution is 2.16. The summed E-state index contributed by atoms with van der Waals surface area (Å²) in [6.07, 6.45) is 1.20. The standard InChI is InChI=1S/C16H25N3O4S/c1-13-4-6-15(7-5-13)23-12-16(20)17-14-8-10-19(11-9-14)24(21,22)18(2)3/h4-7,14H,8-12H2,1-3H3,(H,17,20). The lowest BCUT2D eigenvalue weighted by molar-refractivity contribution is -0.124. The van der Waals surface area contributed by atoms with Gasteiger partial charge in [-0.3, -0.25) is 4.79 Å². The van der Waals surface area contributed by atoms with E-state index in [1.165, 1.54) is 22.7 Å². The molecule has 1 aliphatic heterocycles. The van der Waals surface area contributed by atoms with Crippen LogP contribution in [0, 0.1) is 6.92 Å². The van der Waals surface area contributed by atoms with Crippen LogP contribution in [0.2, 0.25) is 0 Å². The van der Waals surface area contributed by atoms with Gasteiger partial charge in [0.1, 0.15) is 5.75 Å². The Hall–Kier alpha value is -1.64. The van der Waals surface area contributed by atoms with Crippen LogP contribution in [0.5, 0.6) is 5.75 Å². The number of hydrogen-bond donors (Lipinski definition) is 1. The molecule has 0 spiro atoms. The van der Waals surface area contributed by atoms with E-state index in [4.69, 9.17) is 4.74 Å². The zero-order valence-corrected chi connectivity index (χ0v) is 15.2. The van der Waals surface area contributed by atoms with E-state index in [9.17, 15) is 13.2 Å². The number of ether oxygens (including phenoxy) is 1. The number of aryl methyl sites for hydroxylation is 1. The zero-order valence-electron chi connectivity index (χ0n) is 14.4. The highest BCUT2D eigenvalue weighted by atomic mass is 32.2. The smallest absolute Gasteiger partial charge is 0.281 e. The van der Waals surface area contributed by atoms with Gasteiger partial charge >= 0.3 is 0 Å². The molecule has 0 atom stereocenters. The fraction of sp³-hybridized carbons (Fsp3) is 0.562. The monoisotopic (exact) mass is 355 g/mol. The summed E-state index contributed by atoms with van der Waals surface area (Å²) in [6.45, 7) is 2.76. The van der Waals surface area contributed by atoms with Crippen molar-refractivity contribution in [3.8, 4) is 5.75 Å². The van der Waals surface area contributed by atoms with Gasteiger partial charge in [0.05, 0.1) is 0 Å². The van der Waals surface area contributed by atoms with E-state index in [1.807, 2.05) is 31.2 Å². The molecule has 7 nitrogen and oxygen atoms in total. The SMILES string of the molecule is Cc1ccc(OCC(=O)NC2CCN(S(=O)(=O)N(C)C)CC2)cc1. The van der Waals surface area contributed by atoms with Gasteiger partial charge < -0.3 is 10.1 Å². The van der Waals surface area contributed by atoms with Crippen LogP contribution >= 0.6 is 0 Å². The molecule has 1 aliphatic rings. The summed E-state index contributed by atoms with van der Waals surface area (Å²) in [4.78, 5) is 12.0. The van der Waals surface area contributed by atoms with Gasteiger partial charge in [-0.1, -0.05) is 17.7 Å². The Labute approximate surface area is 143 Å². The summed E-state index contributed by atoms with van der Waals surface area (Å²) in [7, 11) is -0.333. The molecule has 1 fully saturated rings. The highest BCUT2D eigenvalue weighted by Gasteiger charge is 2.29. The van der Waals surface area contributed by atoms with Crippen LogP contribution in [0.4, 0.5) is 0 Å². The highest BCUT2D eigenvalue weighted by molar-refractivity contribution is 7.86. The van der Waals surface area contributed by atoms with E-state index in [1.54, 1.807) is 0 Å². The average molecular weight is 355 g/mol. The number of nitrogens with zero attached hydrogens (tertiary/aromatic N) is 2. The van der Waals surface area contributed by atoms with E-state index in [-0.39, 0.29) is 18.6 Å². The first kappa shape index (κ1) is 18.7. The van der Waals surface area contributed by atoms with E-state index >= 15 is 0 Å². The molecule has 0 unspecified atom stereocenters. The van der Waals surface area contributed by atoms with Crippen molar-refractivity contribution in [2.45, 2.75) is 25.8 Å². The Morgan fingerprint density at radius 1 is 1.25 bits per heavy atom. The molecule has 0 radical (unpaired) electrons. The molecule has 0 bridgehead atoms. The number of carbonyl (C=O) groups is 1. The van der Waals surface area contributed by atoms with Crippen molar-refractivity contribution in [2.75, 3.05) is 33.8 Å². The van der Waals surface area contributed by atoms with Crippen molar-refractivity contribution in [3.63, 3.8) is 0 Å². The van der Waals surface area contributed by atoms with Crippen LogP contribution in [-0.4, -0.2) is 62.8 Å². The van der Waals surface area contributed by atoms with Crippen molar-refractivity contribution in [2.24, 2.45) is 0 Å². The molecule has 1 saturated heterocycles. The number of benzene rings is 1. The van der Waals surface area contributed by atoms with E-state index in [0.717, 1.165) is 5.56 Å². The number of hydrogen-bond acceptors (Lipinski definition) is 4. The van der Waals surface area contributed by atoms with Gasteiger partial charge in [-0.25, -0.2) is 0 Å². The van der Waals surface area contributed by atoms with Crippen molar-refractivity contribution >= 4 is 16.1 Å². The molecule has 134 valence electrons. The number of carbonyl (C=O) groups excluding carboxylic acids is 1. The minimum absolute atomic E-state index is 0.0206. The Balaban J connectivity index is 1.75. The Kier molecular flexibility index (Phi) is 6.20. The number of nitrogens with one attached hydrogen (secondary N) is 1. The lowest BCUT2D eigenvalue weighted by atomic mass is 10.1. The van der Waals surface area contributed by atoms with E-state index in [0.29, 0.717) is 31.7 Å². The molecule has 0 aliphatic carbocycles. The van der Waals surface area contributed by atoms with Crippen LogP contribution in [0.25, 0.3) is 0 Å². The summed E-state index contributed by atoms with van der Waals surface area (Å²) in [6, 6.07) is 7.48. The molecular formula is C16H25N3O4S. The lowest BCUT2D eigenvalue weighted by Crippen LogP contribution is -2.49. The first-order valence-corrected chi connectivity index (χ1v) is 9.35. The second-order valence-corrected chi connectivity index (χ2v) is 8.28. The average Bonchev–Trinajstić information content (AvgIpc) is 2.54. The quantitative estimate of drug-likeness (QED) is 0.817. The van der Waals surface area contributed by atoms with Gasteiger partial charge in [0.2, 0.25) is 0 Å². The Bertz CT molecular complexity index is 650. The normalized spacial score (nSPS) is 17.0. The number of piperidine rings is 1. The van der Waals surface area contributed by atoms with Gasteiger partial charge in [0.15, 0.2) is 6.61 Å². The van der Waals surface area contributed by atoms with Crippen LogP contribution in [0.3, 0.4) is 0 Å². The van der Waals surface area contributed by atoms with Crippen molar-refractivity contribution in [3.05, 3.63) is 29.8 Å². The number of rotatable bonds is 6. The predicted octanol–water partition coefficient (Wildman–Crippen LogP) is 0.761. The van der Waals surface area contributed by atoms with Gasteiger partial charge in [-0.2, -0.15) is 17.0 Å². The number of amides is 1. The lowest BCUT2D eigenvalue weighted by Gasteiger charge is -2.33. The maximum Gasteiger partial charge on any atom is 0.281 e. The minimum atomic E-state index is -3.37. The molecule has 1 N–H and O–H groups in total. The first-order chi connectivity index (χ1) is 11.3. The Morgan fingerprint density at radius 2 is 1.83 bits per heavy atom. The van der Waals surface area contributed by atoms with Crippen molar-refractivity contribution in [1.29, 1.82) is 0 Å². The van der Waals surface area contributed by atoms with Gasteiger partial charge in [-0.05, 0) is 31.9 Å². The molecule has 2 rings (SSSR count). The molecule has 1 aromatic rings. The maximum atomic E-state index is 12.0. The largest absolute Gasteiger partial charge is 0.484 e. The van der Waals surface area contributed by atoms with Gasteiger partial charge in [-0.15, -0.1) is 0 Å². The first-order valence-electron chi connectivity index (χ1n) is 7.95. The summed E-state index contributed by atoms with van der Waals surface area (Å²) >= 11 is 0. The Morgan fingerprint density at radius 3 is 2.38 bits per heavy atom. The molecule has 24 heavy (non-hydrogen) atoms.